The third-order valence-corrected chi connectivity index (χ3v) is 6.93. The Hall–Kier alpha value is -4.76. The maximum Gasteiger partial charge on any atom is 0.418 e. The number of pyridine rings is 1. The Balaban J connectivity index is 0.00000139. The zero-order chi connectivity index (χ0) is 34.9. The van der Waals surface area contributed by atoms with Crippen LogP contribution in [-0.4, -0.2) is 129 Å². The van der Waals surface area contributed by atoms with Gasteiger partial charge >= 0.3 is 6.03 Å². The van der Waals surface area contributed by atoms with Crippen molar-refractivity contribution >= 4 is 36.1 Å². The Morgan fingerprint density at radius 1 is 1.00 bits per heavy atom. The number of imidazole rings is 1. The van der Waals surface area contributed by atoms with E-state index in [2.05, 4.69) is 20.0 Å². The highest BCUT2D eigenvalue weighted by molar-refractivity contribution is 6.03. The lowest BCUT2D eigenvalue weighted by atomic mass is 10.1. The molecule has 1 fully saturated rings. The molecule has 0 aliphatic carbocycles. The molecule has 3 aromatic rings. The Labute approximate surface area is 268 Å². The maximum atomic E-state index is 14.7. The van der Waals surface area contributed by atoms with E-state index < -0.39 is 17.7 Å². The summed E-state index contributed by atoms with van der Waals surface area (Å²) in [5, 5.41) is 2.75. The minimum Gasteiger partial charge on any atom is -0.388 e. The number of benzene rings is 1. The molecule has 0 bridgehead atoms. The number of rotatable bonds is 5. The summed E-state index contributed by atoms with van der Waals surface area (Å²) in [6.45, 7) is 5.57. The number of anilines is 2. The highest BCUT2D eigenvalue weighted by Gasteiger charge is 2.32. The van der Waals surface area contributed by atoms with E-state index in [0.29, 0.717) is 43.0 Å². The third-order valence-electron chi connectivity index (χ3n) is 6.93. The van der Waals surface area contributed by atoms with Crippen molar-refractivity contribution in [2.75, 3.05) is 85.9 Å². The molecule has 13 nitrogen and oxygen atoms in total. The van der Waals surface area contributed by atoms with Crippen LogP contribution in [0, 0.1) is 18.7 Å². The summed E-state index contributed by atoms with van der Waals surface area (Å²) in [7, 11) is 13.3. The first-order valence-corrected chi connectivity index (χ1v) is 14.2. The summed E-state index contributed by atoms with van der Waals surface area (Å²) < 4.78 is 35.0. The van der Waals surface area contributed by atoms with E-state index in [0.717, 1.165) is 6.07 Å². The van der Waals surface area contributed by atoms with Gasteiger partial charge in [0.2, 0.25) is 5.95 Å². The van der Waals surface area contributed by atoms with Crippen molar-refractivity contribution in [3.63, 3.8) is 0 Å². The van der Waals surface area contributed by atoms with Gasteiger partial charge < -0.3 is 29.2 Å². The third kappa shape index (κ3) is 8.69. The lowest BCUT2D eigenvalue weighted by Crippen LogP contribution is -2.57. The monoisotopic (exact) mass is 645 g/mol. The number of urea groups is 1. The fraction of sp³-hybridized carbons (Fsp3) is 0.419. The molecule has 0 unspecified atom stereocenters. The molecule has 250 valence electrons. The number of amides is 4. The topological polar surface area (TPSA) is 130 Å². The number of nitrogens with zero attached hydrogens (tertiary/aromatic N) is 7. The number of aryl methyl sites for hydroxylation is 1. The molecule has 1 N–H and O–H groups in total. The van der Waals surface area contributed by atoms with Crippen molar-refractivity contribution in [2.24, 2.45) is 7.05 Å². The number of hydrogen-bond acceptors (Lipinski definition) is 8. The van der Waals surface area contributed by atoms with Crippen LogP contribution in [0.25, 0.3) is 11.3 Å². The number of halogens is 2. The molecule has 0 radical (unpaired) electrons. The van der Waals surface area contributed by atoms with Crippen LogP contribution in [0.15, 0.2) is 30.5 Å². The molecule has 46 heavy (non-hydrogen) atoms. The standard InChI is InChI=1S/C28H34F2N8O3.C2H6O.CH2O/c1-17-14-18(8-9-19(17)27(40)36-10-12-37(13-11-36)28(41)38(5,6)7)32-26(39)25-31-16-22(35(25)4)20-15-21(29)24(34(2)3)33-23(20)30;1-3-2;1-2/h8-9,14-16H,10-13H2,1-7H3;1-2H3;1H2/p+1. The fourth-order valence-electron chi connectivity index (χ4n) is 4.69. The first kappa shape index (κ1) is 37.4. The van der Waals surface area contributed by atoms with E-state index in [1.54, 1.807) is 63.2 Å². The van der Waals surface area contributed by atoms with Crippen LogP contribution in [0.4, 0.5) is 25.1 Å². The van der Waals surface area contributed by atoms with Crippen LogP contribution in [0.5, 0.6) is 0 Å². The van der Waals surface area contributed by atoms with Gasteiger partial charge in [0.05, 0.1) is 38.6 Å². The Kier molecular flexibility index (Phi) is 13.0. The van der Waals surface area contributed by atoms with E-state index in [1.165, 1.54) is 22.7 Å². The van der Waals surface area contributed by atoms with E-state index in [9.17, 15) is 23.2 Å². The van der Waals surface area contributed by atoms with Gasteiger partial charge in [-0.05, 0) is 36.8 Å². The van der Waals surface area contributed by atoms with Gasteiger partial charge in [-0.25, -0.2) is 18.7 Å². The molecular weight excluding hydrogens is 602 g/mol. The molecule has 4 amide bonds. The summed E-state index contributed by atoms with van der Waals surface area (Å²) in [6.07, 6.45) is 1.28. The Morgan fingerprint density at radius 3 is 2.09 bits per heavy atom. The van der Waals surface area contributed by atoms with Crippen LogP contribution >= 0.6 is 0 Å². The minimum atomic E-state index is -0.887. The first-order chi connectivity index (χ1) is 21.6. The van der Waals surface area contributed by atoms with E-state index in [4.69, 9.17) is 4.79 Å². The van der Waals surface area contributed by atoms with Gasteiger partial charge in [-0.15, -0.1) is 0 Å². The second kappa shape index (κ2) is 16.0. The minimum absolute atomic E-state index is 0.00408. The normalized spacial score (nSPS) is 12.8. The molecule has 1 aromatic carbocycles. The second-order valence-electron chi connectivity index (χ2n) is 11.5. The summed E-state index contributed by atoms with van der Waals surface area (Å²) in [5.74, 6) is -2.45. The SMILES string of the molecule is C=O.COC.Cc1cc(NC(=O)c2ncc(-c3cc(F)c(N(C)C)nc3F)n2C)ccc1C(=O)N1CCN(C(=O)[N+](C)(C)C)CC1. The molecule has 1 aliphatic rings. The number of carbonyl (C=O) groups excluding carboxylic acids is 4. The van der Waals surface area contributed by atoms with Gasteiger partial charge in [0.15, 0.2) is 17.5 Å². The largest absolute Gasteiger partial charge is 0.418 e. The fourth-order valence-corrected chi connectivity index (χ4v) is 4.69. The van der Waals surface area contributed by atoms with Gasteiger partial charge in [-0.1, -0.05) is 0 Å². The highest BCUT2D eigenvalue weighted by Crippen LogP contribution is 2.27. The van der Waals surface area contributed by atoms with Crippen molar-refractivity contribution in [3.05, 3.63) is 59.2 Å². The van der Waals surface area contributed by atoms with Crippen molar-refractivity contribution in [1.82, 2.24) is 24.3 Å². The lowest BCUT2D eigenvalue weighted by molar-refractivity contribution is -0.790. The average molecular weight is 646 g/mol. The molecule has 3 heterocycles. The molecule has 0 saturated carbocycles. The summed E-state index contributed by atoms with van der Waals surface area (Å²) in [5.41, 5.74) is 1.68. The first-order valence-electron chi connectivity index (χ1n) is 14.2. The molecule has 15 heteroatoms. The van der Waals surface area contributed by atoms with Gasteiger partial charge in [-0.2, -0.15) is 9.37 Å². The molecule has 0 atom stereocenters. The quantitative estimate of drug-likeness (QED) is 0.331. The molecule has 1 saturated heterocycles. The molecular formula is C31H43F2N8O5+. The highest BCUT2D eigenvalue weighted by atomic mass is 19.1. The van der Waals surface area contributed by atoms with E-state index in [1.807, 2.05) is 27.9 Å². The zero-order valence-electron chi connectivity index (χ0n) is 27.8. The van der Waals surface area contributed by atoms with Gasteiger partial charge in [-0.3, -0.25) is 14.5 Å². The Bertz CT molecular complexity index is 1550. The second-order valence-corrected chi connectivity index (χ2v) is 11.5. The van der Waals surface area contributed by atoms with Crippen LogP contribution < -0.4 is 10.2 Å². The predicted molar refractivity (Wildman–Crippen MR) is 171 cm³/mol. The van der Waals surface area contributed by atoms with Crippen LogP contribution in [0.3, 0.4) is 0 Å². The van der Waals surface area contributed by atoms with Crippen molar-refractivity contribution in [3.8, 4) is 11.3 Å². The van der Waals surface area contributed by atoms with Crippen LogP contribution in [0.1, 0.15) is 26.5 Å². The number of piperazine rings is 1. The number of aromatic nitrogens is 3. The summed E-state index contributed by atoms with van der Waals surface area (Å²) in [6, 6.07) is 5.99. The smallest absolute Gasteiger partial charge is 0.388 e. The molecule has 2 aromatic heterocycles. The van der Waals surface area contributed by atoms with Gasteiger partial charge in [0, 0.05) is 72.8 Å². The summed E-state index contributed by atoms with van der Waals surface area (Å²) in [4.78, 5) is 59.4. The van der Waals surface area contributed by atoms with Gasteiger partial charge in [0.25, 0.3) is 11.8 Å². The Morgan fingerprint density at radius 2 is 1.57 bits per heavy atom. The molecule has 0 spiro atoms. The predicted octanol–water partition coefficient (Wildman–Crippen LogP) is 3.05. The van der Waals surface area contributed by atoms with E-state index in [-0.39, 0.29) is 39.3 Å². The van der Waals surface area contributed by atoms with E-state index >= 15 is 0 Å². The average Bonchev–Trinajstić information content (AvgIpc) is 3.39. The number of methoxy groups -OCH3 is 1. The molecule has 1 aliphatic heterocycles. The number of ether oxygens (including phenoxy) is 1. The van der Waals surface area contributed by atoms with Crippen molar-refractivity contribution in [1.29, 1.82) is 0 Å². The van der Waals surface area contributed by atoms with Gasteiger partial charge in [0.1, 0.15) is 6.79 Å². The van der Waals surface area contributed by atoms with Crippen molar-refractivity contribution in [2.45, 2.75) is 6.92 Å². The lowest BCUT2D eigenvalue weighted by Gasteiger charge is -2.37. The van der Waals surface area contributed by atoms with Crippen molar-refractivity contribution < 1.29 is 37.2 Å². The maximum absolute atomic E-state index is 14.7. The van der Waals surface area contributed by atoms with Crippen LogP contribution in [0.2, 0.25) is 0 Å². The summed E-state index contributed by atoms with van der Waals surface area (Å²) >= 11 is 0. The number of nitrogens with one attached hydrogen (secondary N) is 1. The van der Waals surface area contributed by atoms with Crippen LogP contribution in [-0.2, 0) is 16.6 Å². The molecule has 4 rings (SSSR count). The number of hydrogen-bond donors (Lipinski definition) is 1. The number of quaternary nitrogens is 1. The number of carbonyl (C=O) groups is 4. The zero-order valence-corrected chi connectivity index (χ0v) is 27.8.